The van der Waals surface area contributed by atoms with Crippen LogP contribution in [0.2, 0.25) is 0 Å². The van der Waals surface area contributed by atoms with Crippen LogP contribution in [0.4, 0.5) is 13.2 Å². The maximum Gasteiger partial charge on any atom is 0.336 e. The Bertz CT molecular complexity index is 984. The summed E-state index contributed by atoms with van der Waals surface area (Å²) in [6.07, 6.45) is -3.12. The molecule has 0 saturated heterocycles. The van der Waals surface area contributed by atoms with Crippen LogP contribution in [0.15, 0.2) is 42.5 Å². The van der Waals surface area contributed by atoms with Crippen molar-refractivity contribution in [2.24, 2.45) is 7.05 Å². The molecule has 2 aromatic carbocycles. The third kappa shape index (κ3) is 5.50. The van der Waals surface area contributed by atoms with Gasteiger partial charge in [0, 0.05) is 23.9 Å². The van der Waals surface area contributed by atoms with Crippen molar-refractivity contribution in [2.45, 2.75) is 32.9 Å². The van der Waals surface area contributed by atoms with E-state index in [0.29, 0.717) is 6.42 Å². The van der Waals surface area contributed by atoms with E-state index < -0.39 is 12.8 Å². The van der Waals surface area contributed by atoms with Crippen molar-refractivity contribution in [3.63, 3.8) is 0 Å². The topological polar surface area (TPSA) is 56.8 Å². The second kappa shape index (κ2) is 9.12. The number of hydrogen-bond acceptors (Lipinski definition) is 2. The van der Waals surface area contributed by atoms with Crippen LogP contribution < -0.4 is 9.82 Å². The molecule has 0 bridgehead atoms. The summed E-state index contributed by atoms with van der Waals surface area (Å²) in [6, 6.07) is 15.0. The number of nitrogens with zero attached hydrogens (tertiary/aromatic N) is 1. The quantitative estimate of drug-likeness (QED) is 0.169. The van der Waals surface area contributed by atoms with Gasteiger partial charge in [-0.15, -0.1) is 0 Å². The molecular formula is C21H22F3NO3. The number of carbonyl (C=O) groups excluding carboxylic acids is 1. The summed E-state index contributed by atoms with van der Waals surface area (Å²) < 4.78 is 34.4. The van der Waals surface area contributed by atoms with Gasteiger partial charge in [-0.2, -0.15) is 17.7 Å². The summed E-state index contributed by atoms with van der Waals surface area (Å²) >= 11 is 0. The number of aromatic nitrogens is 1. The number of carbonyl (C=O) groups is 1. The Balaban J connectivity index is 0.000000345. The summed E-state index contributed by atoms with van der Waals surface area (Å²) in [6.45, 7) is 3.21. The second-order valence-corrected chi connectivity index (χ2v) is 6.53. The molecule has 1 N–H and O–H groups in total. The highest BCUT2D eigenvalue weighted by Crippen LogP contribution is 2.25. The first kappa shape index (κ1) is 21.8. The summed E-state index contributed by atoms with van der Waals surface area (Å²) in [7, 11) is 2.11. The number of halogens is 3. The number of alkyl halides is 3. The number of Topliss-reactive ketones (excluding diaryl/α,β-unsaturated/α-hetero) is 1. The maximum absolute atomic E-state index is 11.2. The summed E-state index contributed by atoms with van der Waals surface area (Å²) in [5.41, 5.74) is 5.02. The van der Waals surface area contributed by atoms with Crippen molar-refractivity contribution in [3.05, 3.63) is 60.2 Å². The van der Waals surface area contributed by atoms with Crippen LogP contribution in [0.1, 0.15) is 24.5 Å². The molecule has 150 valence electrons. The number of benzene rings is 2. The standard InChI is InChI=1S/C19H20NO.C2H2F3O2/c1-13(21)8-9-15-10-11-19-17(12-15)14(2)16-6-4-5-7-18(16)20(19)3;3-2(4,5)1-7-6/h4-7,10-12H,8-9H2,1-3H3;1,7H/q+1;-1. The summed E-state index contributed by atoms with van der Waals surface area (Å²) in [5, 5.41) is 11.4. The molecule has 0 saturated carbocycles. The fraction of sp³-hybridized carbons (Fsp3) is 0.286. The average molecular weight is 393 g/mol. The minimum absolute atomic E-state index is 0.246. The highest BCUT2D eigenvalue weighted by molar-refractivity contribution is 5.93. The molecule has 0 aliphatic rings. The highest BCUT2D eigenvalue weighted by atomic mass is 19.4. The zero-order chi connectivity index (χ0) is 20.9. The SMILES string of the molecule is CC(=O)CCc1ccc2c(c1)c(C)c1ccccc1[n+]2C.[O-][OH+][CH-]C(F)(F)F. The number of fused-ring (bicyclic) bond motifs is 2. The summed E-state index contributed by atoms with van der Waals surface area (Å²) in [5.74, 6) is 0.246. The van der Waals surface area contributed by atoms with Gasteiger partial charge >= 0.3 is 6.18 Å². The Morgan fingerprint density at radius 2 is 1.79 bits per heavy atom. The van der Waals surface area contributed by atoms with Crippen LogP contribution in [-0.2, 0) is 18.3 Å². The van der Waals surface area contributed by atoms with Gasteiger partial charge in [-0.3, -0.25) is 0 Å². The lowest BCUT2D eigenvalue weighted by Gasteiger charge is -2.13. The van der Waals surface area contributed by atoms with Gasteiger partial charge in [0.15, 0.2) is 0 Å². The molecule has 0 atom stereocenters. The van der Waals surface area contributed by atoms with Crippen molar-refractivity contribution in [1.82, 2.24) is 0 Å². The number of ketones is 1. The third-order valence-corrected chi connectivity index (χ3v) is 4.46. The van der Waals surface area contributed by atoms with Crippen molar-refractivity contribution < 1.29 is 32.7 Å². The highest BCUT2D eigenvalue weighted by Gasteiger charge is 2.19. The number of aliphatic hydroxyl groups is 1. The van der Waals surface area contributed by atoms with E-state index in [2.05, 4.69) is 61.0 Å². The van der Waals surface area contributed by atoms with Gasteiger partial charge in [0.25, 0.3) is 0 Å². The van der Waals surface area contributed by atoms with Crippen LogP contribution in [0, 0.1) is 13.5 Å². The fourth-order valence-electron chi connectivity index (χ4n) is 3.07. The van der Waals surface area contributed by atoms with Crippen LogP contribution >= 0.6 is 0 Å². The lowest BCUT2D eigenvalue weighted by molar-refractivity contribution is -0.767. The van der Waals surface area contributed by atoms with Crippen LogP contribution in [0.3, 0.4) is 0 Å². The van der Waals surface area contributed by atoms with E-state index in [1.54, 1.807) is 6.92 Å². The Morgan fingerprint density at radius 3 is 2.36 bits per heavy atom. The van der Waals surface area contributed by atoms with E-state index in [4.69, 9.17) is 5.26 Å². The normalized spacial score (nSPS) is 11.4. The number of hydrogen-bond donors (Lipinski definition) is 0. The van der Waals surface area contributed by atoms with E-state index in [-0.39, 0.29) is 5.78 Å². The van der Waals surface area contributed by atoms with Crippen LogP contribution in [0.5, 0.6) is 0 Å². The van der Waals surface area contributed by atoms with E-state index >= 15 is 0 Å². The van der Waals surface area contributed by atoms with Crippen LogP contribution in [0.25, 0.3) is 21.8 Å². The van der Waals surface area contributed by atoms with Crippen LogP contribution in [-0.4, -0.2) is 16.8 Å². The lowest BCUT2D eigenvalue weighted by Crippen LogP contribution is -2.30. The van der Waals surface area contributed by atoms with Gasteiger partial charge in [-0.25, -0.2) is 0 Å². The smallest absolute Gasteiger partial charge is 0.336 e. The zero-order valence-corrected chi connectivity index (χ0v) is 15.9. The number of pyridine rings is 1. The molecule has 4 nitrogen and oxygen atoms in total. The molecule has 0 spiro atoms. The molecular weight excluding hydrogens is 371 g/mol. The molecule has 0 unspecified atom stereocenters. The van der Waals surface area contributed by atoms with Crippen molar-refractivity contribution >= 4 is 27.6 Å². The lowest BCUT2D eigenvalue weighted by atomic mass is 9.99. The average Bonchev–Trinajstić information content (AvgIpc) is 2.64. The molecule has 1 heterocycles. The molecule has 1 aromatic heterocycles. The van der Waals surface area contributed by atoms with Crippen molar-refractivity contribution in [2.75, 3.05) is 0 Å². The van der Waals surface area contributed by atoms with E-state index in [1.807, 2.05) is 0 Å². The molecule has 0 radical (unpaired) electrons. The van der Waals surface area contributed by atoms with E-state index in [1.165, 1.54) is 37.8 Å². The Morgan fingerprint density at radius 1 is 1.14 bits per heavy atom. The van der Waals surface area contributed by atoms with Crippen molar-refractivity contribution in [1.29, 1.82) is 0 Å². The largest absolute Gasteiger partial charge is 0.582 e. The molecule has 3 rings (SSSR count). The summed E-state index contributed by atoms with van der Waals surface area (Å²) in [4.78, 5) is 12.7. The molecule has 7 heteroatoms. The van der Waals surface area contributed by atoms with Gasteiger partial charge in [0.1, 0.15) is 12.8 Å². The van der Waals surface area contributed by atoms with Gasteiger partial charge < -0.3 is 14.9 Å². The van der Waals surface area contributed by atoms with Gasteiger partial charge in [-0.05, 0) is 43.5 Å². The second-order valence-electron chi connectivity index (χ2n) is 6.53. The molecule has 0 fully saturated rings. The third-order valence-electron chi connectivity index (χ3n) is 4.46. The van der Waals surface area contributed by atoms with Gasteiger partial charge in [-0.1, -0.05) is 18.2 Å². The predicted octanol–water partition coefficient (Wildman–Crippen LogP) is 3.73. The van der Waals surface area contributed by atoms with Gasteiger partial charge in [0.05, 0.1) is 12.0 Å². The Kier molecular flexibility index (Phi) is 7.10. The zero-order valence-electron chi connectivity index (χ0n) is 15.9. The fourth-order valence-corrected chi connectivity index (χ4v) is 3.07. The maximum atomic E-state index is 11.2. The van der Waals surface area contributed by atoms with E-state index in [9.17, 15) is 18.0 Å². The van der Waals surface area contributed by atoms with Crippen molar-refractivity contribution in [3.8, 4) is 0 Å². The molecule has 0 aliphatic carbocycles. The monoisotopic (exact) mass is 393 g/mol. The number of rotatable bonds is 4. The molecule has 0 aliphatic heterocycles. The molecule has 3 aromatic rings. The first-order valence-corrected chi connectivity index (χ1v) is 8.67. The van der Waals surface area contributed by atoms with Gasteiger partial charge in [0.2, 0.25) is 11.0 Å². The minimum Gasteiger partial charge on any atom is -0.582 e. The number of aryl methyl sites for hydroxylation is 3. The molecule has 0 amide bonds. The Labute approximate surface area is 161 Å². The Hall–Kier alpha value is -2.51. The van der Waals surface area contributed by atoms with E-state index in [0.717, 1.165) is 6.42 Å². The molecule has 28 heavy (non-hydrogen) atoms. The first-order chi connectivity index (χ1) is 13.1. The minimum atomic E-state index is -4.55. The predicted molar refractivity (Wildman–Crippen MR) is 99.4 cm³/mol. The first-order valence-electron chi connectivity index (χ1n) is 8.67. The number of para-hydroxylation sites is 1.